The molecule has 0 spiro atoms. The van der Waals surface area contributed by atoms with Crippen LogP contribution in [0.4, 0.5) is 0 Å². The molecule has 1 amide bonds. The Morgan fingerprint density at radius 3 is 2.60 bits per heavy atom. The number of ether oxygens (including phenoxy) is 2. The number of carbonyl (C=O) groups is 1. The quantitative estimate of drug-likeness (QED) is 0.480. The molecule has 0 aliphatic carbocycles. The number of hydrogen-bond donors (Lipinski definition) is 1. The summed E-state index contributed by atoms with van der Waals surface area (Å²) in [5, 5.41) is 3.90. The number of pyridine rings is 1. The molecule has 3 rings (SSSR count). The van der Waals surface area contributed by atoms with E-state index in [1.54, 1.807) is 43.8 Å². The Hall–Kier alpha value is -3.02. The van der Waals surface area contributed by atoms with Gasteiger partial charge in [0.05, 0.1) is 7.11 Å². The lowest BCUT2D eigenvalue weighted by Crippen LogP contribution is -2.20. The Kier molecular flexibility index (Phi) is 7.71. The summed E-state index contributed by atoms with van der Waals surface area (Å²) in [5.41, 5.74) is 2.57. The van der Waals surface area contributed by atoms with Crippen LogP contribution in [0.5, 0.6) is 11.5 Å². The van der Waals surface area contributed by atoms with Gasteiger partial charge in [0, 0.05) is 35.1 Å². The predicted octanol–water partition coefficient (Wildman–Crippen LogP) is 5.31. The molecule has 0 saturated carbocycles. The number of nitrogens with zero attached hydrogens (tertiary/aromatic N) is 1. The first-order valence-corrected chi connectivity index (χ1v) is 9.90. The molecule has 1 heterocycles. The van der Waals surface area contributed by atoms with Crippen molar-refractivity contribution in [2.45, 2.75) is 13.2 Å². The summed E-state index contributed by atoms with van der Waals surface area (Å²) in [6.07, 6.45) is 6.48. The zero-order valence-electron chi connectivity index (χ0n) is 16.3. The van der Waals surface area contributed by atoms with Crippen molar-refractivity contribution in [1.82, 2.24) is 10.3 Å². The van der Waals surface area contributed by atoms with Crippen LogP contribution in [0.3, 0.4) is 0 Å². The molecule has 7 heteroatoms. The average molecular weight is 443 g/mol. The minimum absolute atomic E-state index is 0.247. The topological polar surface area (TPSA) is 60.5 Å². The van der Waals surface area contributed by atoms with Gasteiger partial charge in [0.2, 0.25) is 5.91 Å². The number of amides is 1. The molecule has 154 valence electrons. The van der Waals surface area contributed by atoms with Gasteiger partial charge in [-0.3, -0.25) is 9.78 Å². The number of nitrogens with one attached hydrogen (secondary N) is 1. The molecule has 1 N–H and O–H groups in total. The molecule has 0 bridgehead atoms. The van der Waals surface area contributed by atoms with E-state index >= 15 is 0 Å². The number of benzene rings is 2. The highest BCUT2D eigenvalue weighted by atomic mass is 35.5. The summed E-state index contributed by atoms with van der Waals surface area (Å²) < 4.78 is 11.2. The molecule has 0 fully saturated rings. The number of halogens is 2. The van der Waals surface area contributed by atoms with E-state index < -0.39 is 0 Å². The van der Waals surface area contributed by atoms with Crippen LogP contribution in [-0.4, -0.2) is 18.0 Å². The van der Waals surface area contributed by atoms with E-state index in [2.05, 4.69) is 10.3 Å². The zero-order valence-corrected chi connectivity index (χ0v) is 17.8. The van der Waals surface area contributed by atoms with Crippen LogP contribution in [0, 0.1) is 0 Å². The molecule has 0 atom stereocenters. The number of methoxy groups -OCH3 is 1. The van der Waals surface area contributed by atoms with E-state index in [4.69, 9.17) is 32.7 Å². The van der Waals surface area contributed by atoms with Gasteiger partial charge in [-0.05, 0) is 65.2 Å². The van der Waals surface area contributed by atoms with Gasteiger partial charge >= 0.3 is 0 Å². The van der Waals surface area contributed by atoms with Crippen LogP contribution in [-0.2, 0) is 17.9 Å². The van der Waals surface area contributed by atoms with E-state index in [1.807, 2.05) is 30.3 Å². The van der Waals surface area contributed by atoms with Gasteiger partial charge in [0.25, 0.3) is 0 Å². The summed E-state index contributed by atoms with van der Waals surface area (Å²) in [5.74, 6) is 0.972. The van der Waals surface area contributed by atoms with Gasteiger partial charge in [-0.25, -0.2) is 0 Å². The molecule has 0 aliphatic rings. The van der Waals surface area contributed by atoms with E-state index in [0.717, 1.165) is 11.1 Å². The van der Waals surface area contributed by atoms with Crippen molar-refractivity contribution in [3.8, 4) is 11.5 Å². The summed E-state index contributed by atoms with van der Waals surface area (Å²) in [6.45, 7) is 0.749. The van der Waals surface area contributed by atoms with Crippen LogP contribution in [0.25, 0.3) is 6.08 Å². The Balaban J connectivity index is 1.57. The van der Waals surface area contributed by atoms with Crippen molar-refractivity contribution in [3.05, 3.63) is 93.7 Å². The van der Waals surface area contributed by atoms with Gasteiger partial charge < -0.3 is 14.8 Å². The van der Waals surface area contributed by atoms with Gasteiger partial charge in [0.1, 0.15) is 6.61 Å². The Morgan fingerprint density at radius 2 is 1.83 bits per heavy atom. The van der Waals surface area contributed by atoms with Gasteiger partial charge in [-0.15, -0.1) is 0 Å². The van der Waals surface area contributed by atoms with Crippen LogP contribution in [0.2, 0.25) is 10.0 Å². The van der Waals surface area contributed by atoms with E-state index in [0.29, 0.717) is 40.3 Å². The van der Waals surface area contributed by atoms with Crippen LogP contribution >= 0.6 is 23.2 Å². The molecule has 0 radical (unpaired) electrons. The van der Waals surface area contributed by atoms with Crippen molar-refractivity contribution < 1.29 is 14.3 Å². The van der Waals surface area contributed by atoms with Crippen molar-refractivity contribution in [2.24, 2.45) is 0 Å². The highest BCUT2D eigenvalue weighted by Crippen LogP contribution is 2.29. The van der Waals surface area contributed by atoms with Crippen molar-refractivity contribution in [2.75, 3.05) is 7.11 Å². The Labute approximate surface area is 185 Å². The smallest absolute Gasteiger partial charge is 0.244 e. The highest BCUT2D eigenvalue weighted by molar-refractivity contribution is 6.34. The molecule has 0 aliphatic heterocycles. The molecule has 0 saturated heterocycles. The van der Waals surface area contributed by atoms with Gasteiger partial charge in [0.15, 0.2) is 11.5 Å². The van der Waals surface area contributed by atoms with Gasteiger partial charge in [-0.1, -0.05) is 29.3 Å². The van der Waals surface area contributed by atoms with E-state index in [-0.39, 0.29) is 5.91 Å². The van der Waals surface area contributed by atoms with Crippen LogP contribution in [0.15, 0.2) is 67.0 Å². The van der Waals surface area contributed by atoms with Crippen molar-refractivity contribution in [3.63, 3.8) is 0 Å². The van der Waals surface area contributed by atoms with Crippen molar-refractivity contribution >= 4 is 35.2 Å². The molecule has 5 nitrogen and oxygen atoms in total. The van der Waals surface area contributed by atoms with Crippen LogP contribution in [0.1, 0.15) is 16.7 Å². The minimum atomic E-state index is -0.247. The summed E-state index contributed by atoms with van der Waals surface area (Å²) in [6, 6.07) is 14.4. The molecule has 2 aromatic carbocycles. The third kappa shape index (κ3) is 6.24. The molecular weight excluding hydrogens is 423 g/mol. The first-order valence-electron chi connectivity index (χ1n) is 9.15. The number of aromatic nitrogens is 1. The fraction of sp³-hybridized carbons (Fsp3) is 0.130. The number of hydrogen-bond acceptors (Lipinski definition) is 4. The zero-order chi connectivity index (χ0) is 21.3. The minimum Gasteiger partial charge on any atom is -0.493 e. The van der Waals surface area contributed by atoms with E-state index in [9.17, 15) is 4.79 Å². The second-order valence-corrected chi connectivity index (χ2v) is 7.19. The molecular formula is C23H20Cl2N2O3. The fourth-order valence-electron chi connectivity index (χ4n) is 2.64. The largest absolute Gasteiger partial charge is 0.493 e. The predicted molar refractivity (Wildman–Crippen MR) is 119 cm³/mol. The molecule has 0 unspecified atom stereocenters. The maximum absolute atomic E-state index is 12.1. The average Bonchev–Trinajstić information content (AvgIpc) is 2.77. The maximum Gasteiger partial charge on any atom is 0.244 e. The number of rotatable bonds is 8. The standard InChI is InChI=1S/C23H20Cl2N2O3/c1-29-22-12-17(2-6-21(22)30-15-16-8-10-26-11-9-16)14-27-23(28)7-3-18-13-19(24)4-5-20(18)25/h2-13H,14-15H2,1H3,(H,27,28)/b7-3+. The van der Waals surface area contributed by atoms with E-state index in [1.165, 1.54) is 6.08 Å². The maximum atomic E-state index is 12.1. The number of carbonyl (C=O) groups excluding carboxylic acids is 1. The SMILES string of the molecule is COc1cc(CNC(=O)/C=C/c2cc(Cl)ccc2Cl)ccc1OCc1ccncc1. The summed E-state index contributed by atoms with van der Waals surface area (Å²) in [4.78, 5) is 16.1. The highest BCUT2D eigenvalue weighted by Gasteiger charge is 2.07. The first-order chi connectivity index (χ1) is 14.5. The third-order valence-corrected chi connectivity index (χ3v) is 4.79. The molecule has 3 aromatic rings. The second-order valence-electron chi connectivity index (χ2n) is 6.35. The van der Waals surface area contributed by atoms with Crippen molar-refractivity contribution in [1.29, 1.82) is 0 Å². The van der Waals surface area contributed by atoms with Gasteiger partial charge in [-0.2, -0.15) is 0 Å². The Morgan fingerprint density at radius 1 is 1.03 bits per heavy atom. The Bertz CT molecular complexity index is 1040. The van der Waals surface area contributed by atoms with Crippen LogP contribution < -0.4 is 14.8 Å². The monoisotopic (exact) mass is 442 g/mol. The lowest BCUT2D eigenvalue weighted by molar-refractivity contribution is -0.116. The lowest BCUT2D eigenvalue weighted by atomic mass is 10.2. The lowest BCUT2D eigenvalue weighted by Gasteiger charge is -2.12. The molecule has 30 heavy (non-hydrogen) atoms. The normalized spacial score (nSPS) is 10.8. The third-order valence-electron chi connectivity index (χ3n) is 4.21. The first kappa shape index (κ1) is 21.7. The molecule has 1 aromatic heterocycles. The second kappa shape index (κ2) is 10.7. The summed E-state index contributed by atoms with van der Waals surface area (Å²) >= 11 is 12.0. The summed E-state index contributed by atoms with van der Waals surface area (Å²) in [7, 11) is 1.58. The fourth-order valence-corrected chi connectivity index (χ4v) is 3.00.